The third-order valence-electron chi connectivity index (χ3n) is 2.69. The number of halogens is 3. The van der Waals surface area contributed by atoms with Crippen molar-refractivity contribution in [3.8, 4) is 0 Å². The van der Waals surface area contributed by atoms with Gasteiger partial charge >= 0.3 is 0 Å². The molecule has 0 atom stereocenters. The SMILES string of the molecule is O=C1C(=O)N(CCOCCCl)c2cc(F)c(F)cc21. The Balaban J connectivity index is 2.21. The second-order valence-electron chi connectivity index (χ2n) is 3.87. The maximum atomic E-state index is 13.2. The molecule has 0 saturated carbocycles. The van der Waals surface area contributed by atoms with Gasteiger partial charge in [-0.1, -0.05) is 0 Å². The van der Waals surface area contributed by atoms with Crippen LogP contribution in [0.2, 0.25) is 0 Å². The van der Waals surface area contributed by atoms with Gasteiger partial charge in [-0.3, -0.25) is 9.59 Å². The third kappa shape index (κ3) is 2.59. The first kappa shape index (κ1) is 13.9. The normalized spacial score (nSPS) is 14.2. The van der Waals surface area contributed by atoms with Crippen molar-refractivity contribution >= 4 is 29.0 Å². The van der Waals surface area contributed by atoms with Crippen molar-refractivity contribution in [1.29, 1.82) is 0 Å². The number of benzene rings is 1. The van der Waals surface area contributed by atoms with Crippen LogP contribution in [0, 0.1) is 11.6 Å². The molecule has 4 nitrogen and oxygen atoms in total. The summed E-state index contributed by atoms with van der Waals surface area (Å²) >= 11 is 5.42. The molecule has 0 bridgehead atoms. The van der Waals surface area contributed by atoms with Crippen molar-refractivity contribution in [2.75, 3.05) is 30.5 Å². The van der Waals surface area contributed by atoms with E-state index in [1.54, 1.807) is 0 Å². The summed E-state index contributed by atoms with van der Waals surface area (Å²) in [5, 5.41) is 0. The first-order chi connectivity index (χ1) is 9.06. The Labute approximate surface area is 112 Å². The highest BCUT2D eigenvalue weighted by Crippen LogP contribution is 2.30. The van der Waals surface area contributed by atoms with Gasteiger partial charge in [0.25, 0.3) is 11.7 Å². The van der Waals surface area contributed by atoms with Crippen LogP contribution >= 0.6 is 11.6 Å². The molecule has 0 aliphatic carbocycles. The van der Waals surface area contributed by atoms with E-state index in [0.717, 1.165) is 17.0 Å². The predicted octanol–water partition coefficient (Wildman–Crippen LogP) is 1.75. The van der Waals surface area contributed by atoms with E-state index in [1.165, 1.54) is 0 Å². The minimum absolute atomic E-state index is 0.0726. The lowest BCUT2D eigenvalue weighted by Crippen LogP contribution is -2.33. The molecule has 0 spiro atoms. The molecular formula is C12H10ClF2NO3. The Bertz CT molecular complexity index is 536. The number of alkyl halides is 1. The number of carbonyl (C=O) groups excluding carboxylic acids is 2. The van der Waals surface area contributed by atoms with Crippen molar-refractivity contribution in [2.24, 2.45) is 0 Å². The van der Waals surface area contributed by atoms with Gasteiger partial charge in [0.05, 0.1) is 24.5 Å². The Kier molecular flexibility index (Phi) is 4.11. The van der Waals surface area contributed by atoms with E-state index in [0.29, 0.717) is 12.5 Å². The highest BCUT2D eigenvalue weighted by Gasteiger charge is 2.36. The molecule has 1 aromatic carbocycles. The molecule has 19 heavy (non-hydrogen) atoms. The van der Waals surface area contributed by atoms with Crippen molar-refractivity contribution in [3.63, 3.8) is 0 Å². The minimum Gasteiger partial charge on any atom is -0.378 e. The Morgan fingerprint density at radius 2 is 1.84 bits per heavy atom. The van der Waals surface area contributed by atoms with Crippen LogP contribution in [0.25, 0.3) is 0 Å². The molecule has 1 amide bonds. The first-order valence-corrected chi connectivity index (χ1v) is 6.08. The summed E-state index contributed by atoms with van der Waals surface area (Å²) in [6.07, 6.45) is 0. The summed E-state index contributed by atoms with van der Waals surface area (Å²) in [4.78, 5) is 24.4. The number of hydrogen-bond donors (Lipinski definition) is 0. The molecule has 0 aromatic heterocycles. The fourth-order valence-corrected chi connectivity index (χ4v) is 1.93. The van der Waals surface area contributed by atoms with Gasteiger partial charge in [-0.2, -0.15) is 0 Å². The Morgan fingerprint density at radius 1 is 1.16 bits per heavy atom. The number of carbonyl (C=O) groups is 2. The van der Waals surface area contributed by atoms with Crippen LogP contribution in [0.15, 0.2) is 12.1 Å². The minimum atomic E-state index is -1.15. The van der Waals surface area contributed by atoms with Crippen LogP contribution in [-0.4, -0.2) is 37.3 Å². The van der Waals surface area contributed by atoms with E-state index in [1.807, 2.05) is 0 Å². The summed E-state index contributed by atoms with van der Waals surface area (Å²) in [6, 6.07) is 1.58. The van der Waals surface area contributed by atoms with Crippen LogP contribution in [0.3, 0.4) is 0 Å². The molecule has 0 radical (unpaired) electrons. The fraction of sp³-hybridized carbons (Fsp3) is 0.333. The lowest BCUT2D eigenvalue weighted by Gasteiger charge is -2.16. The summed E-state index contributed by atoms with van der Waals surface area (Å²) in [5.74, 6) is -3.60. The first-order valence-electron chi connectivity index (χ1n) is 5.55. The van der Waals surface area contributed by atoms with E-state index >= 15 is 0 Å². The van der Waals surface area contributed by atoms with Crippen LogP contribution in [0.1, 0.15) is 10.4 Å². The molecule has 1 aliphatic heterocycles. The van der Waals surface area contributed by atoms with Crippen molar-refractivity contribution in [2.45, 2.75) is 0 Å². The summed E-state index contributed by atoms with van der Waals surface area (Å²) in [6.45, 7) is 0.547. The smallest absolute Gasteiger partial charge is 0.299 e. The third-order valence-corrected chi connectivity index (χ3v) is 2.85. The molecular weight excluding hydrogens is 280 g/mol. The number of amides is 1. The van der Waals surface area contributed by atoms with Gasteiger partial charge in [-0.25, -0.2) is 8.78 Å². The van der Waals surface area contributed by atoms with Gasteiger partial charge in [-0.15, -0.1) is 11.6 Å². The maximum absolute atomic E-state index is 13.2. The molecule has 0 fully saturated rings. The molecule has 1 aromatic rings. The van der Waals surface area contributed by atoms with Crippen molar-refractivity contribution in [1.82, 2.24) is 0 Å². The van der Waals surface area contributed by atoms with E-state index in [-0.39, 0.29) is 24.4 Å². The second-order valence-corrected chi connectivity index (χ2v) is 4.25. The summed E-state index contributed by atoms with van der Waals surface area (Å²) < 4.78 is 31.3. The van der Waals surface area contributed by atoms with Crippen molar-refractivity contribution < 1.29 is 23.1 Å². The fourth-order valence-electron chi connectivity index (χ4n) is 1.82. The van der Waals surface area contributed by atoms with Gasteiger partial charge in [0, 0.05) is 18.5 Å². The van der Waals surface area contributed by atoms with Crippen LogP contribution in [0.5, 0.6) is 0 Å². The van der Waals surface area contributed by atoms with Gasteiger partial charge in [-0.05, 0) is 6.07 Å². The second kappa shape index (κ2) is 5.63. The maximum Gasteiger partial charge on any atom is 0.299 e. The summed E-state index contributed by atoms with van der Waals surface area (Å²) in [5.41, 5.74) is -0.0513. The molecule has 1 aliphatic rings. The Morgan fingerprint density at radius 3 is 2.53 bits per heavy atom. The van der Waals surface area contributed by atoms with Crippen molar-refractivity contribution in [3.05, 3.63) is 29.3 Å². The number of ketones is 1. The molecule has 7 heteroatoms. The van der Waals surface area contributed by atoms with Gasteiger partial charge in [0.15, 0.2) is 11.6 Å². The zero-order valence-electron chi connectivity index (χ0n) is 9.79. The quantitative estimate of drug-likeness (QED) is 0.471. The topological polar surface area (TPSA) is 46.6 Å². The summed E-state index contributed by atoms with van der Waals surface area (Å²) in [7, 11) is 0. The van der Waals surface area contributed by atoms with E-state index in [4.69, 9.17) is 16.3 Å². The zero-order chi connectivity index (χ0) is 14.0. The van der Waals surface area contributed by atoms with Crippen LogP contribution in [-0.2, 0) is 9.53 Å². The number of fused-ring (bicyclic) bond motifs is 1. The number of hydrogen-bond acceptors (Lipinski definition) is 3. The van der Waals surface area contributed by atoms with Crippen LogP contribution in [0.4, 0.5) is 14.5 Å². The van der Waals surface area contributed by atoms with E-state index in [2.05, 4.69) is 0 Å². The molecule has 0 saturated heterocycles. The molecule has 2 rings (SSSR count). The highest BCUT2D eigenvalue weighted by molar-refractivity contribution is 6.52. The monoisotopic (exact) mass is 289 g/mol. The highest BCUT2D eigenvalue weighted by atomic mass is 35.5. The van der Waals surface area contributed by atoms with Gasteiger partial charge < -0.3 is 9.64 Å². The van der Waals surface area contributed by atoms with Gasteiger partial charge in [0.2, 0.25) is 0 Å². The standard InChI is InChI=1S/C12H10ClF2NO3/c13-1-3-19-4-2-16-10-6-9(15)8(14)5-7(10)11(17)12(16)18/h5-6H,1-4H2. The zero-order valence-corrected chi connectivity index (χ0v) is 10.5. The number of nitrogens with zero attached hydrogens (tertiary/aromatic N) is 1. The number of anilines is 1. The van der Waals surface area contributed by atoms with Gasteiger partial charge in [0.1, 0.15) is 0 Å². The largest absolute Gasteiger partial charge is 0.378 e. The average Bonchev–Trinajstić information content (AvgIpc) is 2.60. The average molecular weight is 290 g/mol. The number of rotatable bonds is 5. The number of Topliss-reactive ketones (excluding diaryl/α,β-unsaturated/α-hetero) is 1. The molecule has 102 valence electrons. The lowest BCUT2D eigenvalue weighted by atomic mass is 10.1. The molecule has 1 heterocycles. The lowest BCUT2D eigenvalue weighted by molar-refractivity contribution is -0.114. The number of ether oxygens (including phenoxy) is 1. The molecule has 0 N–H and O–H groups in total. The van der Waals surface area contributed by atoms with E-state index < -0.39 is 23.3 Å². The molecule has 0 unspecified atom stereocenters. The Hall–Kier alpha value is -1.53. The van der Waals surface area contributed by atoms with Crippen LogP contribution < -0.4 is 4.90 Å². The predicted molar refractivity (Wildman–Crippen MR) is 64.6 cm³/mol. The van der Waals surface area contributed by atoms with E-state index in [9.17, 15) is 18.4 Å².